The van der Waals surface area contributed by atoms with E-state index in [0.717, 1.165) is 0 Å². The molecule has 0 saturated carbocycles. The molecular weight excluding hydrogens is 328 g/mol. The van der Waals surface area contributed by atoms with Gasteiger partial charge in [0.05, 0.1) is 4.47 Å². The fourth-order valence-corrected chi connectivity index (χ4v) is 2.59. The Labute approximate surface area is 116 Å². The van der Waals surface area contributed by atoms with Crippen molar-refractivity contribution in [3.05, 3.63) is 33.3 Å². The summed E-state index contributed by atoms with van der Waals surface area (Å²) in [5.74, 6) is -5.46. The normalized spacial score (nSPS) is 18.6. The first kappa shape index (κ1) is 14.7. The zero-order valence-electron chi connectivity index (χ0n) is 10.2. The molecule has 1 heterocycles. The highest BCUT2D eigenvalue weighted by Crippen LogP contribution is 2.33. The third-order valence-corrected chi connectivity index (χ3v) is 4.06. The number of piperazine rings is 1. The van der Waals surface area contributed by atoms with Crippen LogP contribution in [-0.4, -0.2) is 31.1 Å². The summed E-state index contributed by atoms with van der Waals surface area (Å²) in [7, 11) is 0. The van der Waals surface area contributed by atoms with Crippen LogP contribution >= 0.6 is 15.9 Å². The molecule has 1 atom stereocenters. The second-order valence-corrected chi connectivity index (χ2v) is 5.24. The van der Waals surface area contributed by atoms with Crippen molar-refractivity contribution in [2.75, 3.05) is 26.2 Å². The van der Waals surface area contributed by atoms with Gasteiger partial charge in [-0.1, -0.05) is 0 Å². The van der Waals surface area contributed by atoms with Gasteiger partial charge in [0.15, 0.2) is 23.3 Å². The van der Waals surface area contributed by atoms with E-state index in [-0.39, 0.29) is 0 Å². The van der Waals surface area contributed by atoms with Crippen LogP contribution in [0.15, 0.2) is 4.47 Å². The second-order valence-electron chi connectivity index (χ2n) is 4.45. The van der Waals surface area contributed by atoms with Crippen LogP contribution in [0, 0.1) is 23.3 Å². The maximum atomic E-state index is 13.9. The topological polar surface area (TPSA) is 15.3 Å². The van der Waals surface area contributed by atoms with Crippen LogP contribution in [-0.2, 0) is 0 Å². The number of hydrogen-bond acceptors (Lipinski definition) is 2. The molecule has 0 spiro atoms. The van der Waals surface area contributed by atoms with Gasteiger partial charge in [-0.2, -0.15) is 0 Å². The molecule has 2 nitrogen and oxygen atoms in total. The van der Waals surface area contributed by atoms with E-state index in [1.807, 2.05) is 0 Å². The van der Waals surface area contributed by atoms with Crippen LogP contribution in [0.5, 0.6) is 0 Å². The van der Waals surface area contributed by atoms with Crippen LogP contribution in [0.2, 0.25) is 0 Å². The second kappa shape index (κ2) is 5.76. The largest absolute Gasteiger partial charge is 0.314 e. The lowest BCUT2D eigenvalue weighted by atomic mass is 10.0. The molecule has 106 valence electrons. The first-order valence-electron chi connectivity index (χ1n) is 5.91. The molecule has 0 amide bonds. The zero-order chi connectivity index (χ0) is 14.2. The predicted octanol–water partition coefficient (Wildman–Crippen LogP) is 2.97. The summed E-state index contributed by atoms with van der Waals surface area (Å²) in [6.45, 7) is 4.03. The monoisotopic (exact) mass is 340 g/mol. The molecule has 2 rings (SSSR count). The van der Waals surface area contributed by atoms with Crippen LogP contribution < -0.4 is 5.32 Å². The molecule has 0 aliphatic carbocycles. The Morgan fingerprint density at radius 1 is 1.00 bits per heavy atom. The lowest BCUT2D eigenvalue weighted by Gasteiger charge is -2.33. The van der Waals surface area contributed by atoms with Gasteiger partial charge in [0, 0.05) is 37.8 Å². The Hall–Kier alpha value is -0.660. The number of benzene rings is 1. The number of hydrogen-bond donors (Lipinski definition) is 1. The molecule has 1 N–H and O–H groups in total. The highest BCUT2D eigenvalue weighted by atomic mass is 79.9. The molecule has 0 radical (unpaired) electrons. The van der Waals surface area contributed by atoms with Gasteiger partial charge in [-0.05, 0) is 22.9 Å². The summed E-state index contributed by atoms with van der Waals surface area (Å²) >= 11 is 2.51. The molecule has 1 aromatic rings. The minimum Gasteiger partial charge on any atom is -0.314 e. The third kappa shape index (κ3) is 2.64. The Morgan fingerprint density at radius 2 is 1.47 bits per heavy atom. The van der Waals surface area contributed by atoms with Gasteiger partial charge < -0.3 is 5.32 Å². The maximum absolute atomic E-state index is 13.9. The summed E-state index contributed by atoms with van der Waals surface area (Å²) in [6, 6.07) is -0.723. The number of rotatable bonds is 2. The molecule has 1 saturated heterocycles. The van der Waals surface area contributed by atoms with E-state index >= 15 is 0 Å². The summed E-state index contributed by atoms with van der Waals surface area (Å²) < 4.78 is 53.9. The first-order valence-corrected chi connectivity index (χ1v) is 6.70. The molecule has 1 fully saturated rings. The highest BCUT2D eigenvalue weighted by molar-refractivity contribution is 9.10. The molecule has 1 aliphatic rings. The Bertz CT molecular complexity index is 460. The summed E-state index contributed by atoms with van der Waals surface area (Å²) in [6.07, 6.45) is 0. The Morgan fingerprint density at radius 3 is 1.95 bits per heavy atom. The van der Waals surface area contributed by atoms with Crippen LogP contribution in [0.3, 0.4) is 0 Å². The van der Waals surface area contributed by atoms with Gasteiger partial charge in [0.1, 0.15) is 0 Å². The standard InChI is InChI=1S/C12H13BrF4N2/c1-6(19-4-2-18-3-5-19)7-9(14)11(16)8(13)12(17)10(7)15/h6,18H,2-5H2,1H3. The van der Waals surface area contributed by atoms with E-state index in [9.17, 15) is 17.6 Å². The molecular formula is C12H13BrF4N2. The van der Waals surface area contributed by atoms with Crippen molar-refractivity contribution < 1.29 is 17.6 Å². The van der Waals surface area contributed by atoms with Crippen molar-refractivity contribution in [3.63, 3.8) is 0 Å². The van der Waals surface area contributed by atoms with Crippen molar-refractivity contribution in [1.29, 1.82) is 0 Å². The van der Waals surface area contributed by atoms with Crippen molar-refractivity contribution in [2.24, 2.45) is 0 Å². The summed E-state index contributed by atoms with van der Waals surface area (Å²) in [5.41, 5.74) is -0.555. The van der Waals surface area contributed by atoms with Crippen LogP contribution in [0.25, 0.3) is 0 Å². The zero-order valence-corrected chi connectivity index (χ0v) is 11.8. The average Bonchev–Trinajstić information content (AvgIpc) is 2.44. The van der Waals surface area contributed by atoms with E-state index in [0.29, 0.717) is 26.2 Å². The van der Waals surface area contributed by atoms with Gasteiger partial charge in [0.2, 0.25) is 0 Å². The van der Waals surface area contributed by atoms with Crippen molar-refractivity contribution in [2.45, 2.75) is 13.0 Å². The molecule has 1 unspecified atom stereocenters. The molecule has 0 bridgehead atoms. The van der Waals surface area contributed by atoms with Gasteiger partial charge in [-0.3, -0.25) is 4.90 Å². The van der Waals surface area contributed by atoms with Gasteiger partial charge in [-0.25, -0.2) is 17.6 Å². The fourth-order valence-electron chi connectivity index (χ4n) is 2.24. The maximum Gasteiger partial charge on any atom is 0.176 e. The SMILES string of the molecule is CC(c1c(F)c(F)c(Br)c(F)c1F)N1CCNCC1. The predicted molar refractivity (Wildman–Crippen MR) is 66.8 cm³/mol. The van der Waals surface area contributed by atoms with E-state index in [1.54, 1.807) is 11.8 Å². The number of nitrogens with zero attached hydrogens (tertiary/aromatic N) is 1. The Balaban J connectivity index is 2.43. The molecule has 19 heavy (non-hydrogen) atoms. The van der Waals surface area contributed by atoms with E-state index in [2.05, 4.69) is 21.2 Å². The lowest BCUT2D eigenvalue weighted by molar-refractivity contribution is 0.176. The van der Waals surface area contributed by atoms with Gasteiger partial charge in [-0.15, -0.1) is 0 Å². The van der Waals surface area contributed by atoms with Crippen LogP contribution in [0.1, 0.15) is 18.5 Å². The molecule has 1 aromatic carbocycles. The number of halogens is 5. The van der Waals surface area contributed by atoms with Crippen molar-refractivity contribution >= 4 is 15.9 Å². The van der Waals surface area contributed by atoms with E-state index < -0.39 is 39.3 Å². The third-order valence-electron chi connectivity index (χ3n) is 3.36. The smallest absolute Gasteiger partial charge is 0.176 e. The molecule has 0 aromatic heterocycles. The lowest BCUT2D eigenvalue weighted by Crippen LogP contribution is -2.44. The average molecular weight is 341 g/mol. The molecule has 1 aliphatic heterocycles. The van der Waals surface area contributed by atoms with Gasteiger partial charge in [0.25, 0.3) is 0 Å². The minimum absolute atomic E-state index is 0.555. The molecule has 7 heteroatoms. The highest BCUT2D eigenvalue weighted by Gasteiger charge is 2.30. The van der Waals surface area contributed by atoms with Crippen molar-refractivity contribution in [3.8, 4) is 0 Å². The minimum atomic E-state index is -1.39. The first-order chi connectivity index (χ1) is 8.95. The van der Waals surface area contributed by atoms with E-state index in [4.69, 9.17) is 0 Å². The van der Waals surface area contributed by atoms with Gasteiger partial charge >= 0.3 is 0 Å². The fraction of sp³-hybridized carbons (Fsp3) is 0.500. The van der Waals surface area contributed by atoms with E-state index in [1.165, 1.54) is 0 Å². The van der Waals surface area contributed by atoms with Crippen molar-refractivity contribution in [1.82, 2.24) is 10.2 Å². The summed E-state index contributed by atoms with van der Waals surface area (Å²) in [5, 5.41) is 3.10. The Kier molecular flexibility index (Phi) is 4.47. The van der Waals surface area contributed by atoms with Crippen LogP contribution in [0.4, 0.5) is 17.6 Å². The summed E-state index contributed by atoms with van der Waals surface area (Å²) in [4.78, 5) is 1.78. The number of nitrogens with one attached hydrogen (secondary N) is 1. The quantitative estimate of drug-likeness (QED) is 0.506.